The maximum absolute atomic E-state index is 12.6. The molecule has 0 unspecified atom stereocenters. The normalized spacial score (nSPS) is 15.4. The first-order valence-corrected chi connectivity index (χ1v) is 11.2. The van der Waals surface area contributed by atoms with Crippen molar-refractivity contribution in [3.63, 3.8) is 0 Å². The predicted octanol–water partition coefficient (Wildman–Crippen LogP) is 5.29. The molecule has 3 aromatic rings. The van der Waals surface area contributed by atoms with Crippen LogP contribution in [-0.4, -0.2) is 29.6 Å². The van der Waals surface area contributed by atoms with E-state index in [0.29, 0.717) is 17.2 Å². The van der Waals surface area contributed by atoms with Crippen LogP contribution in [0.3, 0.4) is 0 Å². The molecule has 1 atom stereocenters. The average Bonchev–Trinajstić information content (AvgIpc) is 3.20. The van der Waals surface area contributed by atoms with Crippen LogP contribution < -0.4 is 15.0 Å². The molecule has 3 aromatic carbocycles. The molecule has 0 radical (unpaired) electrons. The Bertz CT molecular complexity index is 1220. The minimum atomic E-state index is -0.576. The lowest BCUT2D eigenvalue weighted by atomic mass is 10.1. The number of carbonyl (C=O) groups is 2. The number of anilines is 2. The fourth-order valence-corrected chi connectivity index (χ4v) is 4.86. The third-order valence-electron chi connectivity index (χ3n) is 5.08. The van der Waals surface area contributed by atoms with E-state index in [0.717, 1.165) is 17.3 Å². The summed E-state index contributed by atoms with van der Waals surface area (Å²) >= 11 is 7.56. The van der Waals surface area contributed by atoms with E-state index < -0.39 is 10.8 Å². The van der Waals surface area contributed by atoms with Gasteiger partial charge in [0.15, 0.2) is 0 Å². The van der Waals surface area contributed by atoms with Crippen LogP contribution in [0.15, 0.2) is 66.7 Å². The highest BCUT2D eigenvalue weighted by Gasteiger charge is 2.34. The van der Waals surface area contributed by atoms with Crippen LogP contribution in [0.1, 0.15) is 21.3 Å². The number of carbonyl (C=O) groups excluding carboxylic acids is 2. The lowest BCUT2D eigenvalue weighted by Crippen LogP contribution is -2.27. The Balaban J connectivity index is 1.50. The number of thioether (sulfide) groups is 1. The van der Waals surface area contributed by atoms with Gasteiger partial charge in [-0.2, -0.15) is 0 Å². The number of benzene rings is 3. The Labute approximate surface area is 198 Å². The molecule has 33 heavy (non-hydrogen) atoms. The second-order valence-corrected chi connectivity index (χ2v) is 8.60. The molecular formula is C23H18ClN3O5S. The number of nitro benzene ring substituents is 1. The number of hydrogen-bond donors (Lipinski definition) is 1. The van der Waals surface area contributed by atoms with Gasteiger partial charge in [0, 0.05) is 23.5 Å². The van der Waals surface area contributed by atoms with Gasteiger partial charge >= 0.3 is 0 Å². The second-order valence-electron chi connectivity index (χ2n) is 7.12. The standard InChI is InChI=1S/C23H18ClN3O5S/c1-32-18-9-6-16(7-10-18)26-21(28)13-33-23(26)14-2-4-15(5-3-14)25-22(29)19-11-8-17(27(30)31)12-20(19)24/h2-12,23H,13H2,1H3,(H,25,29)/t23-/m1/s1. The van der Waals surface area contributed by atoms with Gasteiger partial charge in [-0.25, -0.2) is 0 Å². The Morgan fingerprint density at radius 1 is 1.15 bits per heavy atom. The van der Waals surface area contributed by atoms with Crippen molar-refractivity contribution in [3.8, 4) is 5.75 Å². The van der Waals surface area contributed by atoms with Gasteiger partial charge in [-0.1, -0.05) is 23.7 Å². The molecule has 0 aliphatic carbocycles. The summed E-state index contributed by atoms with van der Waals surface area (Å²) in [6, 6.07) is 18.2. The molecule has 10 heteroatoms. The summed E-state index contributed by atoms with van der Waals surface area (Å²) in [6.07, 6.45) is 0. The number of nitrogens with zero attached hydrogens (tertiary/aromatic N) is 2. The molecule has 0 spiro atoms. The minimum Gasteiger partial charge on any atom is -0.497 e. The summed E-state index contributed by atoms with van der Waals surface area (Å²) in [6.45, 7) is 0. The van der Waals surface area contributed by atoms with Crippen molar-refractivity contribution >= 4 is 52.2 Å². The van der Waals surface area contributed by atoms with Crippen LogP contribution in [0.5, 0.6) is 5.75 Å². The number of non-ortho nitro benzene ring substituents is 1. The van der Waals surface area contributed by atoms with E-state index in [-0.39, 0.29) is 27.6 Å². The van der Waals surface area contributed by atoms with E-state index >= 15 is 0 Å². The van der Waals surface area contributed by atoms with E-state index in [4.69, 9.17) is 16.3 Å². The van der Waals surface area contributed by atoms with Crippen molar-refractivity contribution in [1.82, 2.24) is 0 Å². The average molecular weight is 484 g/mol. The van der Waals surface area contributed by atoms with Crippen molar-refractivity contribution in [2.75, 3.05) is 23.1 Å². The van der Waals surface area contributed by atoms with Gasteiger partial charge in [-0.15, -0.1) is 11.8 Å². The fraction of sp³-hybridized carbons (Fsp3) is 0.130. The maximum atomic E-state index is 12.6. The first-order chi connectivity index (χ1) is 15.9. The summed E-state index contributed by atoms with van der Waals surface area (Å²) in [4.78, 5) is 37.1. The quantitative estimate of drug-likeness (QED) is 0.377. The molecule has 0 aromatic heterocycles. The van der Waals surface area contributed by atoms with Crippen LogP contribution >= 0.6 is 23.4 Å². The van der Waals surface area contributed by atoms with Gasteiger partial charge in [-0.05, 0) is 48.0 Å². The van der Waals surface area contributed by atoms with E-state index in [9.17, 15) is 19.7 Å². The molecule has 1 aliphatic heterocycles. The second kappa shape index (κ2) is 9.51. The summed E-state index contributed by atoms with van der Waals surface area (Å²) < 4.78 is 5.19. The molecule has 1 N–H and O–H groups in total. The molecular weight excluding hydrogens is 466 g/mol. The van der Waals surface area contributed by atoms with Crippen molar-refractivity contribution < 1.29 is 19.2 Å². The molecule has 1 fully saturated rings. The van der Waals surface area contributed by atoms with Crippen molar-refractivity contribution in [1.29, 1.82) is 0 Å². The van der Waals surface area contributed by atoms with Gasteiger partial charge in [0.05, 0.1) is 28.4 Å². The zero-order valence-corrected chi connectivity index (χ0v) is 18.9. The van der Waals surface area contributed by atoms with E-state index in [1.165, 1.54) is 23.9 Å². The first-order valence-electron chi connectivity index (χ1n) is 9.80. The number of ether oxygens (including phenoxy) is 1. The molecule has 1 heterocycles. The van der Waals surface area contributed by atoms with Crippen molar-refractivity contribution in [2.24, 2.45) is 0 Å². The highest BCUT2D eigenvalue weighted by atomic mass is 35.5. The van der Waals surface area contributed by atoms with Crippen molar-refractivity contribution in [3.05, 3.63) is 93.0 Å². The summed E-state index contributed by atoms with van der Waals surface area (Å²) in [5, 5.41) is 13.4. The van der Waals surface area contributed by atoms with Crippen LogP contribution in [0.2, 0.25) is 5.02 Å². The van der Waals surface area contributed by atoms with Gasteiger partial charge in [0.2, 0.25) is 5.91 Å². The number of nitro groups is 1. The molecule has 2 amide bonds. The van der Waals surface area contributed by atoms with Crippen LogP contribution in [0.25, 0.3) is 0 Å². The number of methoxy groups -OCH3 is 1. The number of halogens is 1. The summed E-state index contributed by atoms with van der Waals surface area (Å²) in [5.41, 5.74) is 2.16. The smallest absolute Gasteiger partial charge is 0.270 e. The number of amides is 2. The van der Waals surface area contributed by atoms with Gasteiger partial charge in [0.25, 0.3) is 11.6 Å². The minimum absolute atomic E-state index is 0.00526. The summed E-state index contributed by atoms with van der Waals surface area (Å²) in [5.74, 6) is 0.615. The van der Waals surface area contributed by atoms with Crippen LogP contribution in [0, 0.1) is 10.1 Å². The maximum Gasteiger partial charge on any atom is 0.270 e. The Kier molecular flexibility index (Phi) is 6.52. The Morgan fingerprint density at radius 2 is 1.85 bits per heavy atom. The monoisotopic (exact) mass is 483 g/mol. The third kappa shape index (κ3) is 4.79. The molecule has 0 bridgehead atoms. The highest BCUT2D eigenvalue weighted by molar-refractivity contribution is 8.00. The molecule has 8 nitrogen and oxygen atoms in total. The topological polar surface area (TPSA) is 102 Å². The van der Waals surface area contributed by atoms with Gasteiger partial charge < -0.3 is 10.1 Å². The predicted molar refractivity (Wildman–Crippen MR) is 128 cm³/mol. The lowest BCUT2D eigenvalue weighted by molar-refractivity contribution is -0.384. The molecule has 0 saturated carbocycles. The van der Waals surface area contributed by atoms with Crippen LogP contribution in [0.4, 0.5) is 17.1 Å². The zero-order valence-electron chi connectivity index (χ0n) is 17.4. The SMILES string of the molecule is COc1ccc(N2C(=O)CS[C@@H]2c2ccc(NC(=O)c3ccc([N+](=O)[O-])cc3Cl)cc2)cc1. The third-order valence-corrected chi connectivity index (χ3v) is 6.61. The van der Waals surface area contributed by atoms with Crippen molar-refractivity contribution in [2.45, 2.75) is 5.37 Å². The molecule has 1 aliphatic rings. The van der Waals surface area contributed by atoms with E-state index in [1.54, 1.807) is 24.1 Å². The van der Waals surface area contributed by atoms with E-state index in [2.05, 4.69) is 5.32 Å². The Morgan fingerprint density at radius 3 is 2.45 bits per heavy atom. The fourth-order valence-electron chi connectivity index (χ4n) is 3.42. The first kappa shape index (κ1) is 22.6. The Hall–Kier alpha value is -3.56. The van der Waals surface area contributed by atoms with Gasteiger partial charge in [0.1, 0.15) is 11.1 Å². The molecule has 168 valence electrons. The largest absolute Gasteiger partial charge is 0.497 e. The zero-order chi connectivity index (χ0) is 23.5. The number of nitrogens with one attached hydrogen (secondary N) is 1. The summed E-state index contributed by atoms with van der Waals surface area (Å²) in [7, 11) is 1.59. The van der Waals surface area contributed by atoms with Crippen LogP contribution in [-0.2, 0) is 4.79 Å². The number of rotatable bonds is 6. The van der Waals surface area contributed by atoms with Gasteiger partial charge in [-0.3, -0.25) is 24.6 Å². The lowest BCUT2D eigenvalue weighted by Gasteiger charge is -2.24. The molecule has 4 rings (SSSR count). The van der Waals surface area contributed by atoms with E-state index in [1.807, 2.05) is 36.4 Å². The number of hydrogen-bond acceptors (Lipinski definition) is 6. The molecule has 1 saturated heterocycles. The highest BCUT2D eigenvalue weighted by Crippen LogP contribution is 2.42.